The van der Waals surface area contributed by atoms with E-state index in [4.69, 9.17) is 11.6 Å². The van der Waals surface area contributed by atoms with E-state index < -0.39 is 19.9 Å². The minimum absolute atomic E-state index is 0.0854. The third-order valence-corrected chi connectivity index (χ3v) is 7.74. The molecule has 1 N–H and O–H groups in total. The van der Waals surface area contributed by atoms with E-state index in [9.17, 15) is 21.6 Å². The predicted octanol–water partition coefficient (Wildman–Crippen LogP) is 3.56. The van der Waals surface area contributed by atoms with Gasteiger partial charge in [-0.2, -0.15) is 0 Å². The minimum atomic E-state index is -4.00. The Morgan fingerprint density at radius 3 is 2.03 bits per heavy atom. The Labute approximate surface area is 182 Å². The number of sulfone groups is 1. The van der Waals surface area contributed by atoms with Crippen LogP contribution < -0.4 is 4.72 Å². The molecule has 1 aliphatic heterocycles. The summed E-state index contributed by atoms with van der Waals surface area (Å²) >= 11 is 6.20. The highest BCUT2D eigenvalue weighted by molar-refractivity contribution is 7.92. The molecule has 0 aliphatic carbocycles. The van der Waals surface area contributed by atoms with Crippen LogP contribution >= 0.6 is 11.6 Å². The molecule has 0 radical (unpaired) electrons. The second kappa shape index (κ2) is 8.95. The van der Waals surface area contributed by atoms with Gasteiger partial charge in [0.05, 0.1) is 20.4 Å². The van der Waals surface area contributed by atoms with Crippen LogP contribution in [0.2, 0.25) is 5.02 Å². The number of carbonyl (C=O) groups excluding carboxylic acids is 1. The van der Waals surface area contributed by atoms with Crippen LogP contribution in [0.5, 0.6) is 0 Å². The van der Waals surface area contributed by atoms with Crippen molar-refractivity contribution >= 4 is 43.1 Å². The minimum Gasteiger partial charge on any atom is -0.339 e. The largest absolute Gasteiger partial charge is 0.339 e. The van der Waals surface area contributed by atoms with Crippen molar-refractivity contribution in [3.63, 3.8) is 0 Å². The van der Waals surface area contributed by atoms with Gasteiger partial charge in [0.1, 0.15) is 0 Å². The molecule has 7 nitrogen and oxygen atoms in total. The molecule has 1 saturated heterocycles. The Balaban J connectivity index is 1.85. The molecule has 2 aromatic carbocycles. The Morgan fingerprint density at radius 2 is 1.47 bits per heavy atom. The highest BCUT2D eigenvalue weighted by atomic mass is 35.5. The fraction of sp³-hybridized carbons (Fsp3) is 0.350. The van der Waals surface area contributed by atoms with E-state index in [1.807, 2.05) is 0 Å². The van der Waals surface area contributed by atoms with Crippen molar-refractivity contribution in [1.29, 1.82) is 0 Å². The molecule has 0 bridgehead atoms. The number of likely N-dealkylation sites (tertiary alicyclic amines) is 1. The summed E-state index contributed by atoms with van der Waals surface area (Å²) in [5.74, 6) is -0.281. The van der Waals surface area contributed by atoms with Crippen LogP contribution in [-0.4, -0.2) is 47.0 Å². The summed E-state index contributed by atoms with van der Waals surface area (Å²) in [6, 6.07) is 9.39. The number of halogens is 1. The van der Waals surface area contributed by atoms with Crippen LogP contribution in [-0.2, 0) is 19.9 Å². The summed E-state index contributed by atoms with van der Waals surface area (Å²) in [6.07, 6.45) is 5.02. The van der Waals surface area contributed by atoms with Gasteiger partial charge in [-0.3, -0.25) is 9.52 Å². The van der Waals surface area contributed by atoms with Crippen LogP contribution in [0.1, 0.15) is 36.0 Å². The monoisotopic (exact) mass is 470 g/mol. The number of hydrogen-bond acceptors (Lipinski definition) is 5. The molecule has 1 aliphatic rings. The van der Waals surface area contributed by atoms with Crippen LogP contribution in [0.3, 0.4) is 0 Å². The van der Waals surface area contributed by atoms with Gasteiger partial charge in [-0.15, -0.1) is 0 Å². The molecule has 30 heavy (non-hydrogen) atoms. The summed E-state index contributed by atoms with van der Waals surface area (Å²) < 4.78 is 51.1. The third-order valence-electron chi connectivity index (χ3n) is 4.91. The van der Waals surface area contributed by atoms with Gasteiger partial charge in [-0.05, 0) is 55.3 Å². The molecular formula is C20H23ClN2O5S2. The van der Waals surface area contributed by atoms with Gasteiger partial charge >= 0.3 is 0 Å². The second-order valence-corrected chi connectivity index (χ2v) is 11.4. The fourth-order valence-electron chi connectivity index (χ4n) is 3.26. The number of benzene rings is 2. The molecule has 10 heteroatoms. The Morgan fingerprint density at radius 1 is 0.900 bits per heavy atom. The van der Waals surface area contributed by atoms with E-state index in [0.29, 0.717) is 13.1 Å². The molecular weight excluding hydrogens is 448 g/mol. The van der Waals surface area contributed by atoms with Gasteiger partial charge in [0.25, 0.3) is 15.9 Å². The molecule has 0 aromatic heterocycles. The summed E-state index contributed by atoms with van der Waals surface area (Å²) in [5, 5.41) is 0.195. The van der Waals surface area contributed by atoms with Gasteiger partial charge in [0.15, 0.2) is 9.84 Å². The summed E-state index contributed by atoms with van der Waals surface area (Å²) in [7, 11) is -7.38. The highest BCUT2D eigenvalue weighted by Gasteiger charge is 2.23. The number of nitrogens with one attached hydrogen (secondary N) is 1. The molecule has 1 heterocycles. The third kappa shape index (κ3) is 5.33. The van der Waals surface area contributed by atoms with E-state index in [1.165, 1.54) is 42.5 Å². The maximum Gasteiger partial charge on any atom is 0.261 e. The summed E-state index contributed by atoms with van der Waals surface area (Å²) in [6.45, 7) is 1.24. The zero-order valence-electron chi connectivity index (χ0n) is 16.5. The maximum atomic E-state index is 12.9. The number of amides is 1. The van der Waals surface area contributed by atoms with Crippen molar-refractivity contribution in [2.45, 2.75) is 35.5 Å². The van der Waals surface area contributed by atoms with Gasteiger partial charge in [-0.1, -0.05) is 24.4 Å². The van der Waals surface area contributed by atoms with Crippen LogP contribution in [0.4, 0.5) is 5.69 Å². The maximum absolute atomic E-state index is 12.9. The molecule has 0 atom stereocenters. The van der Waals surface area contributed by atoms with Crippen molar-refractivity contribution < 1.29 is 21.6 Å². The fourth-order valence-corrected chi connectivity index (χ4v) is 5.18. The number of carbonyl (C=O) groups is 1. The summed E-state index contributed by atoms with van der Waals surface area (Å²) in [5.41, 5.74) is 0.353. The van der Waals surface area contributed by atoms with E-state index >= 15 is 0 Å². The number of hydrogen-bond donors (Lipinski definition) is 1. The summed E-state index contributed by atoms with van der Waals surface area (Å²) in [4.78, 5) is 14.6. The molecule has 3 rings (SSSR count). The molecule has 0 saturated carbocycles. The lowest BCUT2D eigenvalue weighted by Gasteiger charge is -2.21. The smallest absolute Gasteiger partial charge is 0.261 e. The lowest BCUT2D eigenvalue weighted by Crippen LogP contribution is -2.32. The van der Waals surface area contributed by atoms with Crippen molar-refractivity contribution in [1.82, 2.24) is 4.90 Å². The zero-order valence-corrected chi connectivity index (χ0v) is 18.9. The SMILES string of the molecule is CS(=O)(=O)c1ccc(NS(=O)(=O)c2ccc(Cl)c(C(=O)N3CCCCCC3)c2)cc1. The normalized spacial score (nSPS) is 15.5. The molecule has 1 fully saturated rings. The average Bonchev–Trinajstić information content (AvgIpc) is 2.96. The molecule has 1 amide bonds. The van der Waals surface area contributed by atoms with E-state index in [1.54, 1.807) is 4.90 Å². The van der Waals surface area contributed by atoms with Gasteiger partial charge < -0.3 is 4.90 Å². The number of nitrogens with zero attached hydrogens (tertiary/aromatic N) is 1. The quantitative estimate of drug-likeness (QED) is 0.720. The first-order valence-electron chi connectivity index (χ1n) is 9.50. The van der Waals surface area contributed by atoms with Gasteiger partial charge in [0.2, 0.25) is 0 Å². The lowest BCUT2D eigenvalue weighted by molar-refractivity contribution is 0.0761. The lowest BCUT2D eigenvalue weighted by atomic mass is 10.2. The number of anilines is 1. The van der Waals surface area contributed by atoms with E-state index in [2.05, 4.69) is 4.72 Å². The Hall–Kier alpha value is -2.10. The van der Waals surface area contributed by atoms with Gasteiger partial charge in [0, 0.05) is 25.0 Å². The zero-order chi connectivity index (χ0) is 21.9. The first-order chi connectivity index (χ1) is 14.1. The highest BCUT2D eigenvalue weighted by Crippen LogP contribution is 2.25. The van der Waals surface area contributed by atoms with Crippen molar-refractivity contribution in [3.8, 4) is 0 Å². The predicted molar refractivity (Wildman–Crippen MR) is 116 cm³/mol. The standard InChI is InChI=1S/C20H23ClN2O5S2/c1-29(25,26)16-8-6-15(7-9-16)22-30(27,28)17-10-11-19(21)18(14-17)20(24)23-12-4-2-3-5-13-23/h6-11,14,22H,2-5,12-13H2,1H3. The molecule has 0 spiro atoms. The number of sulfonamides is 1. The topological polar surface area (TPSA) is 101 Å². The molecule has 2 aromatic rings. The van der Waals surface area contributed by atoms with Crippen molar-refractivity contribution in [2.75, 3.05) is 24.1 Å². The second-order valence-electron chi connectivity index (χ2n) is 7.25. The van der Waals surface area contributed by atoms with Crippen LogP contribution in [0, 0.1) is 0 Å². The van der Waals surface area contributed by atoms with Crippen LogP contribution in [0.15, 0.2) is 52.3 Å². The molecule has 0 unspecified atom stereocenters. The Bertz CT molecular complexity index is 1140. The Kier molecular flexibility index (Phi) is 6.74. The first kappa shape index (κ1) is 22.6. The average molecular weight is 471 g/mol. The van der Waals surface area contributed by atoms with Crippen molar-refractivity contribution in [3.05, 3.63) is 53.1 Å². The first-order valence-corrected chi connectivity index (χ1v) is 13.2. The molecule has 162 valence electrons. The van der Waals surface area contributed by atoms with Crippen molar-refractivity contribution in [2.24, 2.45) is 0 Å². The van der Waals surface area contributed by atoms with E-state index in [0.717, 1.165) is 31.9 Å². The number of rotatable bonds is 5. The van der Waals surface area contributed by atoms with Gasteiger partial charge in [-0.25, -0.2) is 16.8 Å². The van der Waals surface area contributed by atoms with E-state index in [-0.39, 0.29) is 32.0 Å². The van der Waals surface area contributed by atoms with Crippen LogP contribution in [0.25, 0.3) is 0 Å².